The van der Waals surface area contributed by atoms with Crippen molar-refractivity contribution in [3.8, 4) is 11.3 Å². The molecule has 1 aliphatic heterocycles. The maximum absolute atomic E-state index is 14.6. The quantitative estimate of drug-likeness (QED) is 0.438. The van der Waals surface area contributed by atoms with Gasteiger partial charge in [0.05, 0.1) is 43.3 Å². The molecule has 0 aromatic carbocycles. The molecule has 4 aromatic rings. The summed E-state index contributed by atoms with van der Waals surface area (Å²) in [7, 11) is 3.44. The van der Waals surface area contributed by atoms with Crippen molar-refractivity contribution in [1.29, 1.82) is 0 Å². The van der Waals surface area contributed by atoms with Crippen LogP contribution in [-0.2, 0) is 9.47 Å². The highest BCUT2D eigenvalue weighted by Gasteiger charge is 2.34. The number of hydrogen-bond acceptors (Lipinski definition) is 7. The van der Waals surface area contributed by atoms with E-state index in [0.29, 0.717) is 28.4 Å². The van der Waals surface area contributed by atoms with E-state index in [0.717, 1.165) is 23.8 Å². The van der Waals surface area contributed by atoms with Gasteiger partial charge < -0.3 is 24.7 Å². The fourth-order valence-corrected chi connectivity index (χ4v) is 4.91. The van der Waals surface area contributed by atoms with Crippen LogP contribution in [0, 0.1) is 0 Å². The summed E-state index contributed by atoms with van der Waals surface area (Å²) in [5, 5.41) is 11.4. The van der Waals surface area contributed by atoms with Crippen LogP contribution in [0.25, 0.3) is 27.9 Å². The van der Waals surface area contributed by atoms with E-state index in [9.17, 15) is 9.18 Å². The second kappa shape index (κ2) is 8.58. The molecule has 182 valence electrons. The summed E-state index contributed by atoms with van der Waals surface area (Å²) in [6.07, 6.45) is 5.79. The SMILES string of the molecule is CNc1cc(-c2cn([C@H]3COC[C@H]3F)c3ncccc23)nc2c(C(=O)NC3CC[C@@H]3OC)cnn12. The fourth-order valence-electron chi connectivity index (χ4n) is 4.91. The molecule has 1 aliphatic carbocycles. The van der Waals surface area contributed by atoms with E-state index in [1.54, 1.807) is 24.9 Å². The van der Waals surface area contributed by atoms with Crippen molar-refractivity contribution >= 4 is 28.4 Å². The summed E-state index contributed by atoms with van der Waals surface area (Å²) < 4.78 is 28.8. The minimum absolute atomic E-state index is 0.0229. The van der Waals surface area contributed by atoms with Gasteiger partial charge in [-0.1, -0.05) is 0 Å². The molecule has 4 aromatic heterocycles. The highest BCUT2D eigenvalue weighted by atomic mass is 19.1. The summed E-state index contributed by atoms with van der Waals surface area (Å²) >= 11 is 0. The third-order valence-electron chi connectivity index (χ3n) is 7.01. The van der Waals surface area contributed by atoms with E-state index in [-0.39, 0.29) is 31.3 Å². The van der Waals surface area contributed by atoms with Crippen molar-refractivity contribution in [2.24, 2.45) is 0 Å². The van der Waals surface area contributed by atoms with Gasteiger partial charge in [-0.3, -0.25) is 4.79 Å². The maximum Gasteiger partial charge on any atom is 0.257 e. The zero-order valence-electron chi connectivity index (χ0n) is 19.4. The zero-order valence-corrected chi connectivity index (χ0v) is 19.4. The molecule has 11 heteroatoms. The van der Waals surface area contributed by atoms with Gasteiger partial charge in [0.25, 0.3) is 5.91 Å². The van der Waals surface area contributed by atoms with Crippen LogP contribution < -0.4 is 10.6 Å². The molecule has 35 heavy (non-hydrogen) atoms. The van der Waals surface area contributed by atoms with Gasteiger partial charge in [0.15, 0.2) is 5.65 Å². The van der Waals surface area contributed by atoms with Gasteiger partial charge in [-0.25, -0.2) is 14.4 Å². The third kappa shape index (κ3) is 3.53. The fraction of sp³-hybridized carbons (Fsp3) is 0.417. The minimum Gasteiger partial charge on any atom is -0.379 e. The van der Waals surface area contributed by atoms with Crippen LogP contribution in [0.3, 0.4) is 0 Å². The number of carbonyl (C=O) groups is 1. The van der Waals surface area contributed by atoms with Crippen molar-refractivity contribution in [2.75, 3.05) is 32.7 Å². The maximum atomic E-state index is 14.6. The number of amides is 1. The standard InChI is InChI=1S/C24H26FN7O3/c1-26-21-8-18(15-10-31(19-12-35-11-16(19)25)22-13(15)4-3-7-27-22)29-23-14(9-28-32(21)23)24(33)30-17-5-6-20(17)34-2/h3-4,7-10,16-17,19-20,26H,5-6,11-12H2,1-2H3,(H,30,33)/t16-,17?,19+,20+/m1/s1. The largest absolute Gasteiger partial charge is 0.379 e. The Morgan fingerprint density at radius 2 is 2.17 bits per heavy atom. The summed E-state index contributed by atoms with van der Waals surface area (Å²) in [4.78, 5) is 22.5. The van der Waals surface area contributed by atoms with Gasteiger partial charge in [-0.15, -0.1) is 0 Å². The smallest absolute Gasteiger partial charge is 0.257 e. The Labute approximate surface area is 200 Å². The van der Waals surface area contributed by atoms with E-state index in [1.165, 1.54) is 6.20 Å². The predicted molar refractivity (Wildman–Crippen MR) is 127 cm³/mol. The topological polar surface area (TPSA) is 108 Å². The van der Waals surface area contributed by atoms with Crippen LogP contribution in [0.5, 0.6) is 0 Å². The van der Waals surface area contributed by atoms with E-state index in [1.807, 2.05) is 29.0 Å². The molecular formula is C24H26FN7O3. The zero-order chi connectivity index (χ0) is 24.1. The number of methoxy groups -OCH3 is 1. The number of fused-ring (bicyclic) bond motifs is 2. The number of hydrogen-bond donors (Lipinski definition) is 2. The average Bonchev–Trinajstić information content (AvgIpc) is 3.57. The number of nitrogens with zero attached hydrogens (tertiary/aromatic N) is 5. The molecule has 2 fully saturated rings. The molecule has 2 N–H and O–H groups in total. The molecule has 0 spiro atoms. The second-order valence-corrected chi connectivity index (χ2v) is 8.95. The number of pyridine rings is 1. The molecule has 1 saturated heterocycles. The Morgan fingerprint density at radius 1 is 1.29 bits per heavy atom. The third-order valence-corrected chi connectivity index (χ3v) is 7.01. The van der Waals surface area contributed by atoms with Crippen LogP contribution in [0.1, 0.15) is 29.2 Å². The molecule has 10 nitrogen and oxygen atoms in total. The summed E-state index contributed by atoms with van der Waals surface area (Å²) in [6, 6.07) is 5.16. The van der Waals surface area contributed by atoms with Crippen LogP contribution in [-0.4, -0.2) is 75.7 Å². The van der Waals surface area contributed by atoms with Gasteiger partial charge >= 0.3 is 0 Å². The number of alkyl halides is 1. The Kier molecular flexibility index (Phi) is 5.37. The van der Waals surface area contributed by atoms with Gasteiger partial charge in [0, 0.05) is 43.6 Å². The molecule has 0 radical (unpaired) electrons. The van der Waals surface area contributed by atoms with Crippen molar-refractivity contribution in [3.05, 3.63) is 42.4 Å². The van der Waals surface area contributed by atoms with Gasteiger partial charge in [0.2, 0.25) is 0 Å². The molecule has 4 atom stereocenters. The van der Waals surface area contributed by atoms with Crippen LogP contribution >= 0.6 is 0 Å². The molecule has 5 heterocycles. The van der Waals surface area contributed by atoms with Crippen LogP contribution in [0.4, 0.5) is 10.2 Å². The lowest BCUT2D eigenvalue weighted by atomic mass is 9.89. The first-order chi connectivity index (χ1) is 17.1. The van der Waals surface area contributed by atoms with Crippen molar-refractivity contribution in [3.63, 3.8) is 0 Å². The minimum atomic E-state index is -1.11. The highest BCUT2D eigenvalue weighted by molar-refractivity contribution is 6.01. The van der Waals surface area contributed by atoms with Gasteiger partial charge in [-0.05, 0) is 25.0 Å². The van der Waals surface area contributed by atoms with Crippen molar-refractivity contribution in [2.45, 2.75) is 37.2 Å². The number of nitrogens with one attached hydrogen (secondary N) is 2. The normalized spacial score (nSPS) is 24.1. The molecule has 1 saturated carbocycles. The van der Waals surface area contributed by atoms with E-state index < -0.39 is 12.2 Å². The molecular weight excluding hydrogens is 453 g/mol. The lowest BCUT2D eigenvalue weighted by Gasteiger charge is -2.35. The predicted octanol–water partition coefficient (Wildman–Crippen LogP) is 2.60. The Balaban J connectivity index is 1.45. The monoisotopic (exact) mass is 479 g/mol. The van der Waals surface area contributed by atoms with Gasteiger partial charge in [-0.2, -0.15) is 9.61 Å². The van der Waals surface area contributed by atoms with E-state index in [4.69, 9.17) is 14.5 Å². The number of halogens is 1. The number of anilines is 1. The van der Waals surface area contributed by atoms with Crippen LogP contribution in [0.2, 0.25) is 0 Å². The number of aromatic nitrogens is 5. The summed E-state index contributed by atoms with van der Waals surface area (Å²) in [5.74, 6) is 0.422. The molecule has 2 aliphatic rings. The van der Waals surface area contributed by atoms with E-state index >= 15 is 0 Å². The van der Waals surface area contributed by atoms with E-state index in [2.05, 4.69) is 20.7 Å². The first kappa shape index (κ1) is 21.9. The Hall–Kier alpha value is -3.57. The van der Waals surface area contributed by atoms with Crippen LogP contribution in [0.15, 0.2) is 36.8 Å². The lowest BCUT2D eigenvalue weighted by molar-refractivity contribution is 0.00732. The first-order valence-electron chi connectivity index (χ1n) is 11.7. The van der Waals surface area contributed by atoms with Crippen molar-refractivity contribution < 1.29 is 18.7 Å². The number of ether oxygens (including phenoxy) is 2. The highest BCUT2D eigenvalue weighted by Crippen LogP contribution is 2.35. The molecule has 1 unspecified atom stereocenters. The van der Waals surface area contributed by atoms with Gasteiger partial charge in [0.1, 0.15) is 23.2 Å². The number of carbonyl (C=O) groups excluding carboxylic acids is 1. The Morgan fingerprint density at radius 3 is 2.89 bits per heavy atom. The second-order valence-electron chi connectivity index (χ2n) is 8.95. The molecule has 1 amide bonds. The molecule has 6 rings (SSSR count). The first-order valence-corrected chi connectivity index (χ1v) is 11.7. The summed E-state index contributed by atoms with van der Waals surface area (Å²) in [6.45, 7) is 0.353. The van der Waals surface area contributed by atoms with Crippen molar-refractivity contribution in [1.82, 2.24) is 29.5 Å². The lowest BCUT2D eigenvalue weighted by Crippen LogP contribution is -2.51. The number of rotatable bonds is 6. The average molecular weight is 480 g/mol. The molecule has 0 bridgehead atoms. The Bertz CT molecular complexity index is 1420. The summed E-state index contributed by atoms with van der Waals surface area (Å²) in [5.41, 5.74) is 2.88.